The normalized spacial score (nSPS) is 22.0. The van der Waals surface area contributed by atoms with Crippen LogP contribution in [-0.2, 0) is 9.84 Å². The molecule has 2 atom stereocenters. The van der Waals surface area contributed by atoms with E-state index in [1.807, 2.05) is 0 Å². The Morgan fingerprint density at radius 2 is 1.35 bits per heavy atom. The molecule has 0 aromatic heterocycles. The molecule has 0 heterocycles. The maximum atomic E-state index is 13.3. The Bertz CT molecular complexity index is 878. The van der Waals surface area contributed by atoms with Crippen LogP contribution in [0.5, 0.6) is 0 Å². The van der Waals surface area contributed by atoms with Gasteiger partial charge in [-0.15, -0.1) is 0 Å². The maximum Gasteiger partial charge on any atom is 0.416 e. The van der Waals surface area contributed by atoms with E-state index >= 15 is 0 Å². The van der Waals surface area contributed by atoms with Gasteiger partial charge >= 0.3 is 12.4 Å². The highest BCUT2D eigenvalue weighted by Gasteiger charge is 2.50. The van der Waals surface area contributed by atoms with Crippen LogP contribution in [-0.4, -0.2) is 26.0 Å². The molecule has 26 heavy (non-hydrogen) atoms. The summed E-state index contributed by atoms with van der Waals surface area (Å²) in [6.07, 6.45) is -10.7. The molecule has 0 radical (unpaired) electrons. The molecule has 0 bridgehead atoms. The summed E-state index contributed by atoms with van der Waals surface area (Å²) in [6, 6.07) is 1.35. The van der Waals surface area contributed by atoms with E-state index in [1.54, 1.807) is 0 Å². The lowest BCUT2D eigenvalue weighted by Crippen LogP contribution is -2.34. The number of hydrogen-bond donors (Lipinski definition) is 0. The predicted octanol–water partition coefficient (Wildman–Crippen LogP) is 4.73. The van der Waals surface area contributed by atoms with Crippen molar-refractivity contribution in [3.63, 3.8) is 0 Å². The Kier molecular flexibility index (Phi) is 4.99. The summed E-state index contributed by atoms with van der Waals surface area (Å²) in [6.45, 7) is 0.984. The van der Waals surface area contributed by atoms with E-state index in [4.69, 9.17) is 0 Å². The van der Waals surface area contributed by atoms with Gasteiger partial charge < -0.3 is 0 Å². The highest BCUT2D eigenvalue weighted by molar-refractivity contribution is 7.92. The van der Waals surface area contributed by atoms with Crippen molar-refractivity contribution in [3.8, 4) is 0 Å². The van der Waals surface area contributed by atoms with Crippen LogP contribution in [0.4, 0.5) is 35.1 Å². The zero-order valence-corrected chi connectivity index (χ0v) is 13.6. The Morgan fingerprint density at radius 3 is 1.81 bits per heavy atom. The third kappa shape index (κ3) is 3.76. The lowest BCUT2D eigenvalue weighted by atomic mass is 9.90. The van der Waals surface area contributed by atoms with Crippen LogP contribution in [0.25, 0.3) is 0 Å². The lowest BCUT2D eigenvalue weighted by molar-refractivity contribution is -0.119. The fourth-order valence-corrected chi connectivity index (χ4v) is 4.33. The minimum absolute atomic E-state index is 0.0376. The lowest BCUT2D eigenvalue weighted by Gasteiger charge is -2.29. The largest absolute Gasteiger partial charge is 0.416 e. The van der Waals surface area contributed by atoms with Gasteiger partial charge in [-0.3, -0.25) is 0 Å². The molecule has 1 aromatic rings. The van der Waals surface area contributed by atoms with Crippen LogP contribution in [0.1, 0.15) is 6.92 Å². The average molecular weight is 406 g/mol. The monoisotopic (exact) mass is 406 g/mol. The van der Waals surface area contributed by atoms with Crippen LogP contribution < -0.4 is 0 Å². The average Bonchev–Trinajstić information content (AvgIpc) is 2.47. The van der Waals surface area contributed by atoms with Crippen LogP contribution in [0.15, 0.2) is 46.4 Å². The summed E-state index contributed by atoms with van der Waals surface area (Å²) < 4.78 is 129. The molecule has 1 aromatic carbocycles. The summed E-state index contributed by atoms with van der Waals surface area (Å²) in [5, 5.41) is -2.03. The van der Waals surface area contributed by atoms with Crippen LogP contribution in [0.2, 0.25) is 0 Å². The first-order chi connectivity index (χ1) is 11.7. The third-order valence-corrected chi connectivity index (χ3v) is 5.95. The van der Waals surface area contributed by atoms with Gasteiger partial charge in [0.15, 0.2) is 21.5 Å². The molecular formula is C15H10F8O2S. The van der Waals surface area contributed by atoms with Crippen LogP contribution in [0, 0.1) is 17.6 Å². The molecule has 0 aliphatic heterocycles. The van der Waals surface area contributed by atoms with E-state index in [0.29, 0.717) is 12.1 Å². The predicted molar refractivity (Wildman–Crippen MR) is 74.8 cm³/mol. The molecule has 0 spiro atoms. The molecule has 0 amide bonds. The second kappa shape index (κ2) is 6.36. The molecule has 0 N–H and O–H groups in total. The highest BCUT2D eigenvalue weighted by atomic mass is 32.2. The van der Waals surface area contributed by atoms with E-state index in [2.05, 4.69) is 0 Å². The molecular weight excluding hydrogens is 396 g/mol. The number of hydrogen-bond acceptors (Lipinski definition) is 2. The van der Waals surface area contributed by atoms with Crippen molar-refractivity contribution in [2.75, 3.05) is 0 Å². The van der Waals surface area contributed by atoms with Crippen LogP contribution in [0.3, 0.4) is 0 Å². The van der Waals surface area contributed by atoms with Gasteiger partial charge in [0, 0.05) is 0 Å². The minimum atomic E-state index is -5.46. The molecule has 0 saturated heterocycles. The molecule has 11 heteroatoms. The van der Waals surface area contributed by atoms with Crippen LogP contribution >= 0.6 is 0 Å². The van der Waals surface area contributed by atoms with Crippen molar-refractivity contribution in [2.45, 2.75) is 29.4 Å². The maximum absolute atomic E-state index is 13.3. The second-order valence-corrected chi connectivity index (χ2v) is 7.71. The molecule has 2 nitrogen and oxygen atoms in total. The first-order valence-corrected chi connectivity index (χ1v) is 8.47. The topological polar surface area (TPSA) is 34.1 Å². The third-order valence-electron chi connectivity index (χ3n) is 3.76. The van der Waals surface area contributed by atoms with Gasteiger partial charge in [0.05, 0.1) is 21.3 Å². The van der Waals surface area contributed by atoms with Crippen molar-refractivity contribution < 1.29 is 43.5 Å². The Hall–Kier alpha value is -1.91. The molecule has 1 aliphatic rings. The standard InChI is InChI=1S/C15H10F8O2S/c1-7-4-9(14(18,19)20)10(15(21,22)23)6-13(7)26(24,25)8-2-3-11(16)12(17)5-8/h2-7,13H,1H3. The van der Waals surface area contributed by atoms with Crippen molar-refractivity contribution in [1.82, 2.24) is 0 Å². The summed E-state index contributed by atoms with van der Waals surface area (Å²) in [7, 11) is -4.71. The summed E-state index contributed by atoms with van der Waals surface area (Å²) in [5.41, 5.74) is -4.13. The van der Waals surface area contributed by atoms with Gasteiger partial charge in [-0.2, -0.15) is 26.3 Å². The molecule has 1 aliphatic carbocycles. The van der Waals surface area contributed by atoms with E-state index in [1.165, 1.54) is 0 Å². The van der Waals surface area contributed by atoms with E-state index < -0.39 is 61.0 Å². The van der Waals surface area contributed by atoms with E-state index in [-0.39, 0.29) is 18.2 Å². The van der Waals surface area contributed by atoms with Gasteiger partial charge in [0.25, 0.3) is 0 Å². The molecule has 144 valence electrons. The number of benzene rings is 1. The Morgan fingerprint density at radius 1 is 0.846 bits per heavy atom. The molecule has 2 unspecified atom stereocenters. The number of rotatable bonds is 2. The number of halogens is 8. The Labute approximate surface area is 142 Å². The fraction of sp³-hybridized carbons (Fsp3) is 0.333. The van der Waals surface area contributed by atoms with Gasteiger partial charge in [-0.1, -0.05) is 19.1 Å². The quantitative estimate of drug-likeness (QED) is 0.526. The van der Waals surface area contributed by atoms with E-state index in [0.717, 1.165) is 6.92 Å². The highest BCUT2D eigenvalue weighted by Crippen LogP contribution is 2.45. The number of allylic oxidation sites excluding steroid dienone is 3. The van der Waals surface area contributed by atoms with Gasteiger partial charge in [-0.25, -0.2) is 17.2 Å². The first kappa shape index (κ1) is 20.4. The summed E-state index contributed by atoms with van der Waals surface area (Å²) in [4.78, 5) is -0.838. The summed E-state index contributed by atoms with van der Waals surface area (Å²) >= 11 is 0. The molecule has 0 saturated carbocycles. The fourth-order valence-electron chi connectivity index (χ4n) is 2.53. The number of alkyl halides is 6. The zero-order valence-electron chi connectivity index (χ0n) is 12.8. The van der Waals surface area contributed by atoms with E-state index in [9.17, 15) is 43.5 Å². The zero-order chi connectivity index (χ0) is 20.1. The molecule has 2 rings (SSSR count). The summed E-state index contributed by atoms with van der Waals surface area (Å²) in [5.74, 6) is -4.43. The van der Waals surface area contributed by atoms with Crippen molar-refractivity contribution >= 4 is 9.84 Å². The van der Waals surface area contributed by atoms with Crippen molar-refractivity contribution in [2.24, 2.45) is 5.92 Å². The van der Waals surface area contributed by atoms with Gasteiger partial charge in [-0.05, 0) is 24.1 Å². The van der Waals surface area contributed by atoms with Gasteiger partial charge in [0.2, 0.25) is 0 Å². The second-order valence-electron chi connectivity index (χ2n) is 5.60. The minimum Gasteiger partial charge on any atom is -0.223 e. The Balaban J connectivity index is 2.61. The first-order valence-electron chi connectivity index (χ1n) is 6.93. The van der Waals surface area contributed by atoms with Crippen molar-refractivity contribution in [3.05, 3.63) is 53.1 Å². The molecule has 0 fully saturated rings. The number of sulfone groups is 1. The smallest absolute Gasteiger partial charge is 0.223 e. The van der Waals surface area contributed by atoms with Gasteiger partial charge in [0.1, 0.15) is 0 Å². The SMILES string of the molecule is CC1C=C(C(F)(F)F)C(C(F)(F)F)=CC1S(=O)(=O)c1ccc(F)c(F)c1. The van der Waals surface area contributed by atoms with Crippen molar-refractivity contribution in [1.29, 1.82) is 0 Å².